The van der Waals surface area contributed by atoms with Crippen LogP contribution in [0, 0.1) is 0 Å². The summed E-state index contributed by atoms with van der Waals surface area (Å²) in [5, 5.41) is 30.7. The van der Waals surface area contributed by atoms with Gasteiger partial charge in [-0.25, -0.2) is 0 Å². The molecule has 0 aromatic carbocycles. The number of ether oxygens (including phenoxy) is 1. The van der Waals surface area contributed by atoms with E-state index in [1.165, 1.54) is 0 Å². The maximum atomic E-state index is 11.3. The van der Waals surface area contributed by atoms with Crippen LogP contribution in [0.5, 0.6) is 0 Å². The highest BCUT2D eigenvalue weighted by atomic mass is 16.5. The molecular formula is C10H19NO5. The lowest BCUT2D eigenvalue weighted by molar-refractivity contribution is -0.164. The molecule has 0 aromatic heterocycles. The maximum absolute atomic E-state index is 11.3. The molecule has 0 spiro atoms. The van der Waals surface area contributed by atoms with Gasteiger partial charge < -0.3 is 25.4 Å². The van der Waals surface area contributed by atoms with Crippen LogP contribution in [0.3, 0.4) is 0 Å². The molecule has 1 fully saturated rings. The molecule has 1 amide bonds. The minimum absolute atomic E-state index is 0.0961. The topological polar surface area (TPSA) is 99.0 Å². The van der Waals surface area contributed by atoms with E-state index in [2.05, 4.69) is 5.32 Å². The zero-order chi connectivity index (χ0) is 12.1. The number of aliphatic hydroxyl groups excluding tert-OH is 3. The first kappa shape index (κ1) is 13.4. The lowest BCUT2D eigenvalue weighted by Crippen LogP contribution is -2.59. The molecule has 0 aliphatic carbocycles. The van der Waals surface area contributed by atoms with Gasteiger partial charge >= 0.3 is 0 Å². The molecule has 0 bridgehead atoms. The van der Waals surface area contributed by atoms with Crippen LogP contribution in [0.2, 0.25) is 0 Å². The van der Waals surface area contributed by atoms with Gasteiger partial charge in [-0.2, -0.15) is 0 Å². The van der Waals surface area contributed by atoms with Gasteiger partial charge in [0.1, 0.15) is 18.3 Å². The average Bonchev–Trinajstić information content (AvgIpc) is 2.25. The van der Waals surface area contributed by atoms with Gasteiger partial charge in [0.15, 0.2) is 0 Å². The number of amides is 1. The van der Waals surface area contributed by atoms with Crippen LogP contribution in [-0.4, -0.2) is 58.8 Å². The van der Waals surface area contributed by atoms with E-state index in [4.69, 9.17) is 9.84 Å². The van der Waals surface area contributed by atoms with Crippen molar-refractivity contribution in [3.63, 3.8) is 0 Å². The Morgan fingerprint density at radius 3 is 2.69 bits per heavy atom. The van der Waals surface area contributed by atoms with Crippen LogP contribution < -0.4 is 5.32 Å². The molecule has 1 aliphatic heterocycles. The molecule has 0 unspecified atom stereocenters. The molecule has 1 heterocycles. The molecule has 1 saturated heterocycles. The second-order valence-corrected chi connectivity index (χ2v) is 3.96. The predicted molar refractivity (Wildman–Crippen MR) is 55.7 cm³/mol. The first-order chi connectivity index (χ1) is 7.60. The fourth-order valence-electron chi connectivity index (χ4n) is 1.68. The minimum atomic E-state index is -1.18. The van der Waals surface area contributed by atoms with Crippen LogP contribution >= 0.6 is 0 Å². The summed E-state index contributed by atoms with van der Waals surface area (Å²) in [4.78, 5) is 11.3. The van der Waals surface area contributed by atoms with Crippen molar-refractivity contribution < 1.29 is 24.9 Å². The molecule has 4 N–H and O–H groups in total. The number of nitrogens with one attached hydrogen (secondary N) is 1. The van der Waals surface area contributed by atoms with Gasteiger partial charge in [-0.05, 0) is 6.42 Å². The third-order valence-corrected chi connectivity index (χ3v) is 2.64. The quantitative estimate of drug-likeness (QED) is 0.468. The predicted octanol–water partition coefficient (Wildman–Crippen LogP) is -1.62. The summed E-state index contributed by atoms with van der Waals surface area (Å²) in [5.41, 5.74) is 0. The Hall–Kier alpha value is -0.690. The third kappa shape index (κ3) is 3.15. The van der Waals surface area contributed by atoms with Crippen molar-refractivity contribution in [1.82, 2.24) is 5.32 Å². The van der Waals surface area contributed by atoms with Crippen molar-refractivity contribution in [2.75, 3.05) is 13.2 Å². The first-order valence-electron chi connectivity index (χ1n) is 5.48. The van der Waals surface area contributed by atoms with E-state index in [-0.39, 0.29) is 19.1 Å². The summed E-state index contributed by atoms with van der Waals surface area (Å²) < 4.78 is 5.13. The molecule has 16 heavy (non-hydrogen) atoms. The summed E-state index contributed by atoms with van der Waals surface area (Å²) in [6.45, 7) is 1.62. The van der Waals surface area contributed by atoms with E-state index in [0.29, 0.717) is 6.42 Å². The monoisotopic (exact) mass is 233 g/mol. The molecular weight excluding hydrogens is 214 g/mol. The number of aliphatic hydroxyl groups is 3. The van der Waals surface area contributed by atoms with E-state index >= 15 is 0 Å². The van der Waals surface area contributed by atoms with Crippen molar-refractivity contribution in [2.45, 2.75) is 44.1 Å². The van der Waals surface area contributed by atoms with Crippen molar-refractivity contribution >= 4 is 5.91 Å². The Morgan fingerprint density at radius 1 is 1.44 bits per heavy atom. The normalized spacial score (nSPS) is 34.8. The number of carbonyl (C=O) groups excluding carboxylic acids is 1. The Kier molecular flexibility index (Phi) is 5.14. The molecule has 1 rings (SSSR count). The van der Waals surface area contributed by atoms with Crippen LogP contribution in [0.4, 0.5) is 0 Å². The molecule has 0 radical (unpaired) electrons. The third-order valence-electron chi connectivity index (χ3n) is 2.64. The largest absolute Gasteiger partial charge is 0.394 e. The minimum Gasteiger partial charge on any atom is -0.394 e. The summed E-state index contributed by atoms with van der Waals surface area (Å²) in [5.74, 6) is -0.176. The molecule has 0 aromatic rings. The molecule has 6 heteroatoms. The van der Waals surface area contributed by atoms with E-state index in [1.54, 1.807) is 0 Å². The van der Waals surface area contributed by atoms with Gasteiger partial charge in [-0.15, -0.1) is 0 Å². The van der Waals surface area contributed by atoms with E-state index in [9.17, 15) is 15.0 Å². The van der Waals surface area contributed by atoms with Crippen LogP contribution in [-0.2, 0) is 9.53 Å². The number of rotatable bonds is 4. The first-order valence-corrected chi connectivity index (χ1v) is 5.48. The van der Waals surface area contributed by atoms with Crippen LogP contribution in [0.1, 0.15) is 19.8 Å². The summed E-state index contributed by atoms with van der Waals surface area (Å²) in [6, 6.07) is -0.614. The van der Waals surface area contributed by atoms with Gasteiger partial charge in [-0.1, -0.05) is 6.92 Å². The fourth-order valence-corrected chi connectivity index (χ4v) is 1.68. The smallest absolute Gasteiger partial charge is 0.220 e. The van der Waals surface area contributed by atoms with Crippen LogP contribution in [0.25, 0.3) is 0 Å². The fraction of sp³-hybridized carbons (Fsp3) is 0.900. The molecule has 0 saturated carbocycles. The Bertz CT molecular complexity index is 235. The van der Waals surface area contributed by atoms with Crippen molar-refractivity contribution in [2.24, 2.45) is 0 Å². The highest BCUT2D eigenvalue weighted by molar-refractivity contribution is 5.76. The van der Waals surface area contributed by atoms with Crippen molar-refractivity contribution in [3.8, 4) is 0 Å². The Labute approximate surface area is 94.2 Å². The van der Waals surface area contributed by atoms with Gasteiger partial charge in [0, 0.05) is 6.42 Å². The highest BCUT2D eigenvalue weighted by Gasteiger charge is 2.38. The Morgan fingerprint density at radius 2 is 2.12 bits per heavy atom. The second kappa shape index (κ2) is 6.15. The number of hydrogen-bond acceptors (Lipinski definition) is 5. The van der Waals surface area contributed by atoms with Gasteiger partial charge in [0.2, 0.25) is 5.91 Å². The zero-order valence-electron chi connectivity index (χ0n) is 9.30. The summed E-state index contributed by atoms with van der Waals surface area (Å²) >= 11 is 0. The highest BCUT2D eigenvalue weighted by Crippen LogP contribution is 2.15. The standard InChI is InChI=1S/C10H19NO5/c1-2-3-8(13)11-6-5-16-7(4-12)10(15)9(6)14/h6-7,9-10,12,14-15H,2-5H2,1H3,(H,11,13)/t6-,7-,9-,10-/m1/s1. The lowest BCUT2D eigenvalue weighted by Gasteiger charge is -2.37. The van der Waals surface area contributed by atoms with E-state index < -0.39 is 24.4 Å². The summed E-state index contributed by atoms with van der Waals surface area (Å²) in [7, 11) is 0. The average molecular weight is 233 g/mol. The molecule has 1 aliphatic rings. The van der Waals surface area contributed by atoms with Crippen LogP contribution in [0.15, 0.2) is 0 Å². The van der Waals surface area contributed by atoms with E-state index in [0.717, 1.165) is 6.42 Å². The SMILES string of the molecule is CCCC(=O)N[C@@H]1CO[C@H](CO)[C@@H](O)[C@@H]1O. The van der Waals surface area contributed by atoms with E-state index in [1.807, 2.05) is 6.92 Å². The zero-order valence-corrected chi connectivity index (χ0v) is 9.30. The Balaban J connectivity index is 2.48. The second-order valence-electron chi connectivity index (χ2n) is 3.96. The molecule has 4 atom stereocenters. The maximum Gasteiger partial charge on any atom is 0.220 e. The number of hydrogen-bond donors (Lipinski definition) is 4. The van der Waals surface area contributed by atoms with Crippen molar-refractivity contribution in [3.05, 3.63) is 0 Å². The molecule has 6 nitrogen and oxygen atoms in total. The van der Waals surface area contributed by atoms with Gasteiger partial charge in [0.25, 0.3) is 0 Å². The summed E-state index contributed by atoms with van der Waals surface area (Å²) in [6.07, 6.45) is -1.97. The lowest BCUT2D eigenvalue weighted by atomic mass is 9.98. The van der Waals surface area contributed by atoms with Gasteiger partial charge in [0.05, 0.1) is 19.3 Å². The van der Waals surface area contributed by atoms with Crippen molar-refractivity contribution in [1.29, 1.82) is 0 Å². The number of carbonyl (C=O) groups is 1. The van der Waals surface area contributed by atoms with Gasteiger partial charge in [-0.3, -0.25) is 4.79 Å². The molecule has 94 valence electrons.